The van der Waals surface area contributed by atoms with Crippen molar-refractivity contribution in [3.05, 3.63) is 59.5 Å². The molecule has 1 saturated carbocycles. The highest BCUT2D eigenvalue weighted by atomic mass is 127. The van der Waals surface area contributed by atoms with Gasteiger partial charge in [0.2, 0.25) is 5.88 Å². The van der Waals surface area contributed by atoms with Crippen LogP contribution in [0.15, 0.2) is 47.6 Å². The first-order valence-corrected chi connectivity index (χ1v) is 9.03. The molecule has 1 heterocycles. The fourth-order valence-corrected chi connectivity index (χ4v) is 2.96. The Morgan fingerprint density at radius 1 is 1.07 bits per heavy atom. The average molecular weight is 484 g/mol. The third kappa shape index (κ3) is 6.97. The van der Waals surface area contributed by atoms with Crippen molar-refractivity contribution in [2.75, 3.05) is 7.05 Å². The van der Waals surface area contributed by atoms with E-state index in [4.69, 9.17) is 4.74 Å². The summed E-state index contributed by atoms with van der Waals surface area (Å²) >= 11 is 0. The number of pyridine rings is 1. The van der Waals surface area contributed by atoms with E-state index in [1.165, 1.54) is 25.0 Å². The maximum absolute atomic E-state index is 12.9. The number of benzene rings is 1. The van der Waals surface area contributed by atoms with Crippen LogP contribution in [0.1, 0.15) is 36.8 Å². The first kappa shape index (κ1) is 21.4. The predicted octanol–water partition coefficient (Wildman–Crippen LogP) is 4.03. The molecule has 2 aromatic rings. The topological polar surface area (TPSA) is 58.5 Å². The van der Waals surface area contributed by atoms with Crippen LogP contribution in [0, 0.1) is 5.82 Å². The van der Waals surface area contributed by atoms with Gasteiger partial charge < -0.3 is 15.4 Å². The Morgan fingerprint density at radius 3 is 2.30 bits per heavy atom. The molecule has 5 nitrogen and oxygen atoms in total. The van der Waals surface area contributed by atoms with Gasteiger partial charge in [-0.25, -0.2) is 9.37 Å². The van der Waals surface area contributed by atoms with Crippen molar-refractivity contribution < 1.29 is 9.13 Å². The molecular weight excluding hydrogens is 458 g/mol. The van der Waals surface area contributed by atoms with E-state index in [1.807, 2.05) is 18.3 Å². The van der Waals surface area contributed by atoms with E-state index in [-0.39, 0.29) is 29.8 Å². The molecule has 146 valence electrons. The number of hydrogen-bond donors (Lipinski definition) is 2. The molecule has 0 amide bonds. The first-order chi connectivity index (χ1) is 12.7. The molecule has 0 spiro atoms. The van der Waals surface area contributed by atoms with Crippen molar-refractivity contribution in [2.24, 2.45) is 4.99 Å². The third-order valence-corrected chi connectivity index (χ3v) is 4.44. The first-order valence-electron chi connectivity index (χ1n) is 9.03. The van der Waals surface area contributed by atoms with Gasteiger partial charge >= 0.3 is 0 Å². The largest absolute Gasteiger partial charge is 0.474 e. The predicted molar refractivity (Wildman–Crippen MR) is 116 cm³/mol. The number of nitrogens with one attached hydrogen (secondary N) is 2. The summed E-state index contributed by atoms with van der Waals surface area (Å²) in [5.74, 6) is 1.14. The van der Waals surface area contributed by atoms with Crippen molar-refractivity contribution in [1.29, 1.82) is 0 Å². The molecule has 1 aromatic heterocycles. The van der Waals surface area contributed by atoms with Gasteiger partial charge in [-0.15, -0.1) is 24.0 Å². The molecule has 2 N–H and O–H groups in total. The highest BCUT2D eigenvalue weighted by molar-refractivity contribution is 14.0. The lowest BCUT2D eigenvalue weighted by Gasteiger charge is -2.13. The summed E-state index contributed by atoms with van der Waals surface area (Å²) in [6.07, 6.45) is 6.89. The van der Waals surface area contributed by atoms with Gasteiger partial charge in [0, 0.05) is 32.4 Å². The number of hydrogen-bond acceptors (Lipinski definition) is 3. The molecule has 1 fully saturated rings. The van der Waals surface area contributed by atoms with Gasteiger partial charge in [0.05, 0.1) is 0 Å². The van der Waals surface area contributed by atoms with Crippen LogP contribution in [0.25, 0.3) is 0 Å². The van der Waals surface area contributed by atoms with E-state index in [0.29, 0.717) is 31.0 Å². The van der Waals surface area contributed by atoms with Gasteiger partial charge in [0.1, 0.15) is 11.9 Å². The minimum absolute atomic E-state index is 0. The number of rotatable bonds is 6. The normalized spacial score (nSPS) is 14.5. The Hall–Kier alpha value is -1.90. The molecule has 0 aliphatic heterocycles. The quantitative estimate of drug-likeness (QED) is 0.370. The molecular formula is C20H26FIN4O. The van der Waals surface area contributed by atoms with Gasteiger partial charge in [-0.2, -0.15) is 0 Å². The number of halogens is 2. The van der Waals surface area contributed by atoms with Crippen LogP contribution >= 0.6 is 24.0 Å². The molecule has 0 unspecified atom stereocenters. The van der Waals surface area contributed by atoms with Crippen LogP contribution in [0.2, 0.25) is 0 Å². The molecule has 1 aliphatic rings. The molecule has 0 radical (unpaired) electrons. The summed E-state index contributed by atoms with van der Waals surface area (Å²) in [5, 5.41) is 6.45. The molecule has 3 rings (SSSR count). The zero-order valence-corrected chi connectivity index (χ0v) is 17.8. The molecule has 0 atom stereocenters. The Labute approximate surface area is 176 Å². The minimum atomic E-state index is -0.232. The van der Waals surface area contributed by atoms with Crippen LogP contribution < -0.4 is 15.4 Å². The smallest absolute Gasteiger partial charge is 0.213 e. The van der Waals surface area contributed by atoms with Crippen LogP contribution in [0.4, 0.5) is 4.39 Å². The fourth-order valence-electron chi connectivity index (χ4n) is 2.96. The van der Waals surface area contributed by atoms with Crippen molar-refractivity contribution >= 4 is 29.9 Å². The highest BCUT2D eigenvalue weighted by Gasteiger charge is 2.16. The number of nitrogens with zero attached hydrogens (tertiary/aromatic N) is 2. The van der Waals surface area contributed by atoms with Crippen LogP contribution in [-0.4, -0.2) is 24.1 Å². The molecule has 27 heavy (non-hydrogen) atoms. The lowest BCUT2D eigenvalue weighted by molar-refractivity contribution is 0.201. The zero-order chi connectivity index (χ0) is 18.2. The fraction of sp³-hybridized carbons (Fsp3) is 0.400. The molecule has 1 aliphatic carbocycles. The monoisotopic (exact) mass is 484 g/mol. The summed E-state index contributed by atoms with van der Waals surface area (Å²) in [5.41, 5.74) is 2.04. The lowest BCUT2D eigenvalue weighted by Crippen LogP contribution is -2.36. The van der Waals surface area contributed by atoms with Gasteiger partial charge in [-0.05, 0) is 48.9 Å². The van der Waals surface area contributed by atoms with Gasteiger partial charge in [-0.3, -0.25) is 4.99 Å². The minimum Gasteiger partial charge on any atom is -0.474 e. The Balaban J connectivity index is 0.00000261. The van der Waals surface area contributed by atoms with E-state index in [2.05, 4.69) is 20.6 Å². The lowest BCUT2D eigenvalue weighted by atomic mass is 10.2. The second-order valence-electron chi connectivity index (χ2n) is 6.43. The van der Waals surface area contributed by atoms with Crippen molar-refractivity contribution in [3.8, 4) is 5.88 Å². The number of guanidine groups is 1. The van der Waals surface area contributed by atoms with Gasteiger partial charge in [-0.1, -0.05) is 18.2 Å². The molecule has 7 heteroatoms. The Bertz CT molecular complexity index is 716. The zero-order valence-electron chi connectivity index (χ0n) is 15.5. The maximum atomic E-state index is 12.9. The second kappa shape index (κ2) is 11.1. The molecule has 0 saturated heterocycles. The summed E-state index contributed by atoms with van der Waals surface area (Å²) in [6, 6.07) is 10.3. The van der Waals surface area contributed by atoms with Gasteiger partial charge in [0.15, 0.2) is 5.96 Å². The number of ether oxygens (including phenoxy) is 1. The average Bonchev–Trinajstić information content (AvgIpc) is 3.17. The molecule has 0 bridgehead atoms. The van der Waals surface area contributed by atoms with Crippen molar-refractivity contribution in [3.63, 3.8) is 0 Å². The summed E-state index contributed by atoms with van der Waals surface area (Å²) in [7, 11) is 1.72. The Kier molecular flexibility index (Phi) is 8.77. The van der Waals surface area contributed by atoms with Crippen LogP contribution in [0.5, 0.6) is 5.88 Å². The SMILES string of the molecule is CN=C(NCc1ccc(F)cc1)NCc1ccc(OC2CCCC2)nc1.I. The van der Waals surface area contributed by atoms with E-state index in [9.17, 15) is 4.39 Å². The number of aliphatic imine (C=N–C) groups is 1. The van der Waals surface area contributed by atoms with E-state index in [0.717, 1.165) is 24.0 Å². The van der Waals surface area contributed by atoms with E-state index >= 15 is 0 Å². The summed E-state index contributed by atoms with van der Waals surface area (Å²) in [6.45, 7) is 1.19. The van der Waals surface area contributed by atoms with Crippen molar-refractivity contribution in [1.82, 2.24) is 15.6 Å². The number of aromatic nitrogens is 1. The van der Waals surface area contributed by atoms with E-state index in [1.54, 1.807) is 19.2 Å². The van der Waals surface area contributed by atoms with E-state index < -0.39 is 0 Å². The van der Waals surface area contributed by atoms with Gasteiger partial charge in [0.25, 0.3) is 0 Å². The maximum Gasteiger partial charge on any atom is 0.213 e. The van der Waals surface area contributed by atoms with Crippen molar-refractivity contribution in [2.45, 2.75) is 44.9 Å². The van der Waals surface area contributed by atoms with Crippen LogP contribution in [0.3, 0.4) is 0 Å². The highest BCUT2D eigenvalue weighted by Crippen LogP contribution is 2.22. The summed E-state index contributed by atoms with van der Waals surface area (Å²) in [4.78, 5) is 8.59. The Morgan fingerprint density at radius 2 is 1.70 bits per heavy atom. The molecule has 1 aromatic carbocycles. The summed E-state index contributed by atoms with van der Waals surface area (Å²) < 4.78 is 18.8. The second-order valence-corrected chi connectivity index (χ2v) is 6.43. The third-order valence-electron chi connectivity index (χ3n) is 4.44. The standard InChI is InChI=1S/C20H25FN4O.HI/c1-22-20(24-12-15-6-9-17(21)10-7-15)25-14-16-8-11-19(23-13-16)26-18-4-2-3-5-18;/h6-11,13,18H,2-5,12,14H2,1H3,(H2,22,24,25);1H. The van der Waals surface area contributed by atoms with Crippen LogP contribution in [-0.2, 0) is 13.1 Å².